The summed E-state index contributed by atoms with van der Waals surface area (Å²) in [5.74, 6) is 1.52. The van der Waals surface area contributed by atoms with Gasteiger partial charge in [-0.3, -0.25) is 0 Å². The molecule has 0 amide bonds. The third kappa shape index (κ3) is 3.78. The SMILES string of the molecule is CCCCNc1nc(SCCC)nc2c1nnn2[C@@H]1C[C@H](O)[C@@H](O)[C@H]1O. The molecule has 1 saturated carbocycles. The quantitative estimate of drug-likeness (QED) is 0.300. The zero-order valence-electron chi connectivity index (χ0n) is 15.0. The molecule has 2 heterocycles. The first-order valence-electron chi connectivity index (χ1n) is 9.10. The van der Waals surface area contributed by atoms with E-state index in [0.717, 1.165) is 31.6 Å². The number of aliphatic hydroxyl groups excluding tert-OH is 3. The number of hydrogen-bond donors (Lipinski definition) is 4. The van der Waals surface area contributed by atoms with Gasteiger partial charge in [0.1, 0.15) is 12.2 Å². The second kappa shape index (κ2) is 8.47. The summed E-state index contributed by atoms with van der Waals surface area (Å²) in [6, 6.07) is -0.576. The summed E-state index contributed by atoms with van der Waals surface area (Å²) >= 11 is 1.55. The molecular weight excluding hydrogens is 356 g/mol. The molecular formula is C16H26N6O3S. The van der Waals surface area contributed by atoms with E-state index in [1.165, 1.54) is 4.68 Å². The maximum atomic E-state index is 10.2. The molecule has 1 aliphatic carbocycles. The van der Waals surface area contributed by atoms with Crippen molar-refractivity contribution < 1.29 is 15.3 Å². The van der Waals surface area contributed by atoms with Crippen molar-refractivity contribution in [1.82, 2.24) is 25.0 Å². The van der Waals surface area contributed by atoms with Crippen molar-refractivity contribution in [3.63, 3.8) is 0 Å². The highest BCUT2D eigenvalue weighted by molar-refractivity contribution is 7.99. The fourth-order valence-corrected chi connectivity index (χ4v) is 3.72. The van der Waals surface area contributed by atoms with Crippen LogP contribution in [0.25, 0.3) is 11.2 Å². The van der Waals surface area contributed by atoms with Crippen molar-refractivity contribution >= 4 is 28.7 Å². The highest BCUT2D eigenvalue weighted by Crippen LogP contribution is 2.33. The highest BCUT2D eigenvalue weighted by atomic mass is 32.2. The Kier molecular flexibility index (Phi) is 6.28. The van der Waals surface area contributed by atoms with Gasteiger partial charge in [-0.15, -0.1) is 5.10 Å². The van der Waals surface area contributed by atoms with E-state index < -0.39 is 24.4 Å². The van der Waals surface area contributed by atoms with E-state index >= 15 is 0 Å². The van der Waals surface area contributed by atoms with Crippen LogP contribution in [0.15, 0.2) is 5.16 Å². The largest absolute Gasteiger partial charge is 0.390 e. The third-order valence-corrected chi connectivity index (χ3v) is 5.55. The molecule has 1 aliphatic rings. The molecule has 2 aromatic rings. The Morgan fingerprint density at radius 3 is 2.62 bits per heavy atom. The molecule has 0 spiro atoms. The van der Waals surface area contributed by atoms with Gasteiger partial charge in [0.05, 0.1) is 12.1 Å². The zero-order valence-corrected chi connectivity index (χ0v) is 15.9. The summed E-state index contributed by atoms with van der Waals surface area (Å²) in [7, 11) is 0. The molecule has 9 nitrogen and oxygen atoms in total. The minimum atomic E-state index is -1.20. The van der Waals surface area contributed by atoms with Gasteiger partial charge in [-0.25, -0.2) is 14.6 Å². The van der Waals surface area contributed by atoms with Gasteiger partial charge < -0.3 is 20.6 Å². The zero-order chi connectivity index (χ0) is 18.7. The lowest BCUT2D eigenvalue weighted by Crippen LogP contribution is -2.31. The van der Waals surface area contributed by atoms with Crippen LogP contribution in [0.3, 0.4) is 0 Å². The molecule has 4 atom stereocenters. The Hall–Kier alpha value is -1.49. The summed E-state index contributed by atoms with van der Waals surface area (Å²) < 4.78 is 1.50. The Labute approximate surface area is 156 Å². The average molecular weight is 382 g/mol. The van der Waals surface area contributed by atoms with Gasteiger partial charge in [-0.2, -0.15) is 0 Å². The second-order valence-corrected chi connectivity index (χ2v) is 7.60. The summed E-state index contributed by atoms with van der Waals surface area (Å²) in [6.07, 6.45) is -0.0352. The first kappa shape index (κ1) is 19.3. The molecule has 0 unspecified atom stereocenters. The number of rotatable bonds is 8. The predicted molar refractivity (Wildman–Crippen MR) is 99.2 cm³/mol. The van der Waals surface area contributed by atoms with Gasteiger partial charge in [-0.05, 0) is 12.8 Å². The van der Waals surface area contributed by atoms with Crippen LogP contribution in [0.2, 0.25) is 0 Å². The minimum absolute atomic E-state index is 0.195. The van der Waals surface area contributed by atoms with Crippen molar-refractivity contribution in [2.24, 2.45) is 0 Å². The Morgan fingerprint density at radius 2 is 1.96 bits per heavy atom. The number of nitrogens with one attached hydrogen (secondary N) is 1. The highest BCUT2D eigenvalue weighted by Gasteiger charge is 2.43. The second-order valence-electron chi connectivity index (χ2n) is 6.54. The molecule has 144 valence electrons. The molecule has 3 rings (SSSR count). The average Bonchev–Trinajstić information content (AvgIpc) is 3.16. The lowest BCUT2D eigenvalue weighted by atomic mass is 10.2. The summed E-state index contributed by atoms with van der Waals surface area (Å²) in [5.41, 5.74) is 1.04. The van der Waals surface area contributed by atoms with Gasteiger partial charge in [0.25, 0.3) is 0 Å². The predicted octanol–water partition coefficient (Wildman–Crippen LogP) is 0.963. The van der Waals surface area contributed by atoms with Gasteiger partial charge in [0, 0.05) is 18.7 Å². The van der Waals surface area contributed by atoms with E-state index in [1.807, 2.05) is 0 Å². The number of aliphatic hydroxyl groups is 3. The van der Waals surface area contributed by atoms with Crippen LogP contribution in [-0.2, 0) is 0 Å². The van der Waals surface area contributed by atoms with Crippen LogP contribution in [0.1, 0.15) is 45.6 Å². The van der Waals surface area contributed by atoms with Crippen LogP contribution in [0, 0.1) is 0 Å². The molecule has 2 aromatic heterocycles. The maximum Gasteiger partial charge on any atom is 0.191 e. The summed E-state index contributed by atoms with van der Waals surface area (Å²) in [5, 5.41) is 42.2. The number of hydrogen-bond acceptors (Lipinski definition) is 9. The Morgan fingerprint density at radius 1 is 1.15 bits per heavy atom. The maximum absolute atomic E-state index is 10.2. The van der Waals surface area contributed by atoms with Gasteiger partial charge in [0.2, 0.25) is 0 Å². The van der Waals surface area contributed by atoms with Crippen LogP contribution in [0.4, 0.5) is 5.82 Å². The van der Waals surface area contributed by atoms with Crippen LogP contribution in [0.5, 0.6) is 0 Å². The fraction of sp³-hybridized carbons (Fsp3) is 0.750. The monoisotopic (exact) mass is 382 g/mol. The molecule has 0 aromatic carbocycles. The lowest BCUT2D eigenvalue weighted by molar-refractivity contribution is -0.0253. The molecule has 0 aliphatic heterocycles. The topological polar surface area (TPSA) is 129 Å². The molecule has 4 N–H and O–H groups in total. The third-order valence-electron chi connectivity index (χ3n) is 4.50. The van der Waals surface area contributed by atoms with E-state index in [-0.39, 0.29) is 6.42 Å². The Balaban J connectivity index is 1.98. The number of aromatic nitrogens is 5. The molecule has 0 radical (unpaired) electrons. The number of unbranched alkanes of at least 4 members (excludes halogenated alkanes) is 1. The number of nitrogens with zero attached hydrogens (tertiary/aromatic N) is 5. The van der Waals surface area contributed by atoms with Gasteiger partial charge in [0.15, 0.2) is 22.1 Å². The van der Waals surface area contributed by atoms with Crippen LogP contribution >= 0.6 is 11.8 Å². The lowest BCUT2D eigenvalue weighted by Gasteiger charge is -2.16. The van der Waals surface area contributed by atoms with E-state index in [0.29, 0.717) is 22.1 Å². The number of thioether (sulfide) groups is 1. The van der Waals surface area contributed by atoms with Crippen molar-refractivity contribution in [1.29, 1.82) is 0 Å². The standard InChI is InChI=1S/C16H26N6O3S/c1-3-5-6-17-14-11-15(19-16(18-14)26-7-4-2)22(21-20-11)9-8-10(23)13(25)12(9)24/h9-10,12-13,23-25H,3-8H2,1-2H3,(H,17,18,19)/t9-,10+,12+,13-/m1/s1. The first-order chi connectivity index (χ1) is 12.6. The molecule has 0 saturated heterocycles. The number of fused-ring (bicyclic) bond motifs is 1. The minimum Gasteiger partial charge on any atom is -0.390 e. The van der Waals surface area contributed by atoms with Crippen molar-refractivity contribution in [3.05, 3.63) is 0 Å². The first-order valence-corrected chi connectivity index (χ1v) is 10.1. The van der Waals surface area contributed by atoms with Crippen LogP contribution in [-0.4, -0.2) is 70.9 Å². The van der Waals surface area contributed by atoms with E-state index in [4.69, 9.17) is 0 Å². The van der Waals surface area contributed by atoms with Crippen molar-refractivity contribution in [2.75, 3.05) is 17.6 Å². The van der Waals surface area contributed by atoms with E-state index in [2.05, 4.69) is 39.4 Å². The smallest absolute Gasteiger partial charge is 0.191 e. The van der Waals surface area contributed by atoms with Crippen molar-refractivity contribution in [3.8, 4) is 0 Å². The number of anilines is 1. The normalized spacial score (nSPS) is 25.9. The van der Waals surface area contributed by atoms with E-state index in [1.54, 1.807) is 11.8 Å². The van der Waals surface area contributed by atoms with Gasteiger partial charge >= 0.3 is 0 Å². The van der Waals surface area contributed by atoms with Crippen LogP contribution < -0.4 is 5.32 Å². The molecule has 10 heteroatoms. The molecule has 0 bridgehead atoms. The van der Waals surface area contributed by atoms with E-state index in [9.17, 15) is 15.3 Å². The van der Waals surface area contributed by atoms with Gasteiger partial charge in [-0.1, -0.05) is 37.2 Å². The summed E-state index contributed by atoms with van der Waals surface area (Å²) in [4.78, 5) is 9.13. The van der Waals surface area contributed by atoms with Crippen molar-refractivity contribution in [2.45, 2.75) is 69.0 Å². The fourth-order valence-electron chi connectivity index (χ4n) is 3.02. The summed E-state index contributed by atoms with van der Waals surface area (Å²) in [6.45, 7) is 4.99. The molecule has 1 fully saturated rings. The molecule has 26 heavy (non-hydrogen) atoms. The Bertz CT molecular complexity index is 742.